The Hall–Kier alpha value is -3.04. The molecule has 0 unspecified atom stereocenters. The zero-order valence-corrected chi connectivity index (χ0v) is 12.5. The molecule has 0 radical (unpaired) electrons. The molecule has 1 heterocycles. The van der Waals surface area contributed by atoms with Gasteiger partial charge in [0, 0.05) is 11.6 Å². The van der Waals surface area contributed by atoms with Crippen LogP contribution in [0, 0.1) is 0 Å². The van der Waals surface area contributed by atoms with Gasteiger partial charge in [0.05, 0.1) is 0 Å². The van der Waals surface area contributed by atoms with Crippen molar-refractivity contribution >= 4 is 17.6 Å². The maximum Gasteiger partial charge on any atom is 0.573 e. The van der Waals surface area contributed by atoms with Crippen LogP contribution in [-0.4, -0.2) is 28.5 Å². The first-order chi connectivity index (χ1) is 11.7. The molecule has 1 aromatic heterocycles. The van der Waals surface area contributed by atoms with Gasteiger partial charge < -0.3 is 19.7 Å². The number of aromatic carboxylic acids is 1. The Morgan fingerprint density at radius 3 is 2.40 bits per heavy atom. The predicted octanol–water partition coefficient (Wildman–Crippen LogP) is 3.40. The van der Waals surface area contributed by atoms with E-state index in [1.54, 1.807) is 0 Å². The molecule has 1 aliphatic rings. The minimum atomic E-state index is -4.82. The number of nitrogens with zero attached hydrogens (tertiary/aromatic N) is 1. The number of carboxylic acid groups (broad SMARTS) is 1. The van der Waals surface area contributed by atoms with Crippen molar-refractivity contribution in [2.24, 2.45) is 0 Å². The number of benzene rings is 1. The Morgan fingerprint density at radius 2 is 1.88 bits per heavy atom. The van der Waals surface area contributed by atoms with E-state index in [0.29, 0.717) is 0 Å². The first-order valence-electron chi connectivity index (χ1n) is 7.14. The Bertz CT molecular complexity index is 810. The fourth-order valence-corrected chi connectivity index (χ4v) is 2.23. The summed E-state index contributed by atoms with van der Waals surface area (Å²) in [6.07, 6.45) is -3.29. The van der Waals surface area contributed by atoms with E-state index in [0.717, 1.165) is 25.0 Å². The third-order valence-electron chi connectivity index (χ3n) is 3.44. The summed E-state index contributed by atoms with van der Waals surface area (Å²) in [5.41, 5.74) is -0.513. The molecule has 1 fully saturated rings. The largest absolute Gasteiger partial charge is 0.573 e. The van der Waals surface area contributed by atoms with E-state index in [1.807, 2.05) is 0 Å². The number of hydrogen-bond acceptors (Lipinski definition) is 5. The number of aromatic nitrogens is 1. The highest BCUT2D eigenvalue weighted by molar-refractivity contribution is 6.10. The minimum absolute atomic E-state index is 0.0519. The second-order valence-electron chi connectivity index (χ2n) is 5.38. The minimum Gasteiger partial charge on any atom is -0.476 e. The molecule has 0 saturated heterocycles. The van der Waals surface area contributed by atoms with Gasteiger partial charge in [-0.1, -0.05) is 5.16 Å². The van der Waals surface area contributed by atoms with Crippen LogP contribution < -0.4 is 10.1 Å². The molecule has 1 aliphatic carbocycles. The quantitative estimate of drug-likeness (QED) is 0.851. The van der Waals surface area contributed by atoms with Gasteiger partial charge in [0.2, 0.25) is 5.69 Å². The van der Waals surface area contributed by atoms with Crippen molar-refractivity contribution in [1.82, 2.24) is 5.16 Å². The van der Waals surface area contributed by atoms with Gasteiger partial charge >= 0.3 is 12.3 Å². The second kappa shape index (κ2) is 6.11. The topological polar surface area (TPSA) is 102 Å². The van der Waals surface area contributed by atoms with Crippen LogP contribution in [0.3, 0.4) is 0 Å². The maximum atomic E-state index is 12.4. The molecule has 1 amide bonds. The third kappa shape index (κ3) is 3.90. The van der Waals surface area contributed by atoms with Gasteiger partial charge in [-0.3, -0.25) is 4.79 Å². The van der Waals surface area contributed by atoms with Crippen molar-refractivity contribution in [2.45, 2.75) is 25.1 Å². The lowest BCUT2D eigenvalue weighted by Gasteiger charge is -2.10. The van der Waals surface area contributed by atoms with Gasteiger partial charge in [0.15, 0.2) is 5.76 Å². The lowest BCUT2D eigenvalue weighted by molar-refractivity contribution is -0.274. The number of amides is 1. The molecule has 25 heavy (non-hydrogen) atoms. The van der Waals surface area contributed by atoms with E-state index in [1.165, 1.54) is 12.1 Å². The third-order valence-corrected chi connectivity index (χ3v) is 3.44. The Kier molecular flexibility index (Phi) is 4.11. The molecule has 3 rings (SSSR count). The number of carbonyl (C=O) groups is 2. The molecule has 10 heteroatoms. The van der Waals surface area contributed by atoms with Crippen LogP contribution in [-0.2, 0) is 0 Å². The lowest BCUT2D eigenvalue weighted by atomic mass is 10.1. The standard InChI is InChI=1S/C15H11F3N2O5/c16-15(17,18)24-9-5-3-8(4-6-9)19-13(21)10-11(14(22)23)20-25-12(10)7-1-2-7/h3-7H,1-2H2,(H,19,21)(H,22,23). The van der Waals surface area contributed by atoms with Crippen molar-refractivity contribution in [3.8, 4) is 5.75 Å². The van der Waals surface area contributed by atoms with Crippen LogP contribution in [0.2, 0.25) is 0 Å². The fourth-order valence-electron chi connectivity index (χ4n) is 2.23. The van der Waals surface area contributed by atoms with E-state index in [4.69, 9.17) is 9.63 Å². The van der Waals surface area contributed by atoms with E-state index in [9.17, 15) is 22.8 Å². The summed E-state index contributed by atoms with van der Waals surface area (Å²) in [7, 11) is 0. The van der Waals surface area contributed by atoms with Crippen LogP contribution in [0.5, 0.6) is 5.75 Å². The number of halogens is 3. The van der Waals surface area contributed by atoms with Crippen molar-refractivity contribution in [3.05, 3.63) is 41.3 Å². The number of rotatable bonds is 5. The predicted molar refractivity (Wildman–Crippen MR) is 76.5 cm³/mol. The Balaban J connectivity index is 1.78. The summed E-state index contributed by atoms with van der Waals surface area (Å²) in [5, 5.41) is 14.9. The van der Waals surface area contributed by atoms with Crippen LogP contribution >= 0.6 is 0 Å². The molecule has 0 aliphatic heterocycles. The van der Waals surface area contributed by atoms with E-state index >= 15 is 0 Å². The zero-order chi connectivity index (χ0) is 18.2. The van der Waals surface area contributed by atoms with Crippen LogP contribution in [0.25, 0.3) is 0 Å². The fraction of sp³-hybridized carbons (Fsp3) is 0.267. The smallest absolute Gasteiger partial charge is 0.476 e. The second-order valence-corrected chi connectivity index (χ2v) is 5.38. The molecule has 132 valence electrons. The summed E-state index contributed by atoms with van der Waals surface area (Å²) in [4.78, 5) is 23.6. The average Bonchev–Trinajstić information content (AvgIpc) is 3.25. The van der Waals surface area contributed by atoms with Crippen LogP contribution in [0.4, 0.5) is 18.9 Å². The molecule has 2 aromatic rings. The molecule has 7 nitrogen and oxygen atoms in total. The van der Waals surface area contributed by atoms with Gasteiger partial charge in [0.1, 0.15) is 11.3 Å². The number of carboxylic acids is 1. The highest BCUT2D eigenvalue weighted by atomic mass is 19.4. The summed E-state index contributed by atoms with van der Waals surface area (Å²) in [6.45, 7) is 0. The number of nitrogens with one attached hydrogen (secondary N) is 1. The normalized spacial score (nSPS) is 14.2. The Morgan fingerprint density at radius 1 is 1.24 bits per heavy atom. The van der Waals surface area contributed by atoms with E-state index in [2.05, 4.69) is 15.2 Å². The molecule has 2 N–H and O–H groups in total. The average molecular weight is 356 g/mol. The summed E-state index contributed by atoms with van der Waals surface area (Å²) >= 11 is 0. The first kappa shape index (κ1) is 16.8. The van der Waals surface area contributed by atoms with Gasteiger partial charge in [-0.05, 0) is 37.1 Å². The molecule has 0 spiro atoms. The van der Waals surface area contributed by atoms with Crippen molar-refractivity contribution in [3.63, 3.8) is 0 Å². The van der Waals surface area contributed by atoms with Gasteiger partial charge in [-0.25, -0.2) is 4.79 Å². The van der Waals surface area contributed by atoms with Crippen molar-refractivity contribution in [1.29, 1.82) is 0 Å². The number of ether oxygens (including phenoxy) is 1. The Labute approximate surface area is 138 Å². The molecule has 1 saturated carbocycles. The summed E-state index contributed by atoms with van der Waals surface area (Å²) in [6, 6.07) is 4.45. The number of anilines is 1. The zero-order valence-electron chi connectivity index (χ0n) is 12.5. The first-order valence-corrected chi connectivity index (χ1v) is 7.14. The molecular formula is C15H11F3N2O5. The highest BCUT2D eigenvalue weighted by Gasteiger charge is 2.37. The van der Waals surface area contributed by atoms with E-state index in [-0.39, 0.29) is 22.9 Å². The van der Waals surface area contributed by atoms with E-state index < -0.39 is 29.7 Å². The van der Waals surface area contributed by atoms with Gasteiger partial charge in [0.25, 0.3) is 5.91 Å². The number of alkyl halides is 3. The lowest BCUT2D eigenvalue weighted by Crippen LogP contribution is -2.18. The SMILES string of the molecule is O=C(O)c1noc(C2CC2)c1C(=O)Nc1ccc(OC(F)(F)F)cc1. The van der Waals surface area contributed by atoms with Crippen LogP contribution in [0.15, 0.2) is 28.8 Å². The molecule has 0 bridgehead atoms. The van der Waals surface area contributed by atoms with Crippen molar-refractivity contribution in [2.75, 3.05) is 5.32 Å². The number of hydrogen-bond donors (Lipinski definition) is 2. The molecule has 1 aromatic carbocycles. The van der Waals surface area contributed by atoms with Crippen LogP contribution in [0.1, 0.15) is 45.4 Å². The monoisotopic (exact) mass is 356 g/mol. The summed E-state index contributed by atoms with van der Waals surface area (Å²) < 4.78 is 45.1. The van der Waals surface area contributed by atoms with Crippen molar-refractivity contribution < 1.29 is 37.1 Å². The molecule has 0 atom stereocenters. The maximum absolute atomic E-state index is 12.4. The summed E-state index contributed by atoms with van der Waals surface area (Å²) in [5.74, 6) is -2.46. The van der Waals surface area contributed by atoms with Gasteiger partial charge in [-0.2, -0.15) is 0 Å². The molecular weight excluding hydrogens is 345 g/mol. The highest BCUT2D eigenvalue weighted by Crippen LogP contribution is 2.42. The number of carbonyl (C=O) groups excluding carboxylic acids is 1. The van der Waals surface area contributed by atoms with Gasteiger partial charge in [-0.15, -0.1) is 13.2 Å².